The summed E-state index contributed by atoms with van der Waals surface area (Å²) in [6, 6.07) is 0. The molecule has 15 heavy (non-hydrogen) atoms. The summed E-state index contributed by atoms with van der Waals surface area (Å²) in [5, 5.41) is 9.16. The third kappa shape index (κ3) is 1.98. The molecule has 1 atom stereocenters. The lowest BCUT2D eigenvalue weighted by molar-refractivity contribution is -0.158. The van der Waals surface area contributed by atoms with E-state index in [2.05, 4.69) is 0 Å². The number of likely N-dealkylation sites (tertiary alicyclic amines) is 1. The highest BCUT2D eigenvalue weighted by Gasteiger charge is 2.48. The van der Waals surface area contributed by atoms with Gasteiger partial charge in [0.05, 0.1) is 0 Å². The molecule has 86 valence electrons. The summed E-state index contributed by atoms with van der Waals surface area (Å²) in [6.07, 6.45) is 1.31. The number of amides is 1. The molecule has 1 saturated heterocycles. The summed E-state index contributed by atoms with van der Waals surface area (Å²) >= 11 is 0. The molecule has 0 radical (unpaired) electrons. The molecule has 1 aliphatic rings. The van der Waals surface area contributed by atoms with Crippen LogP contribution >= 0.6 is 0 Å². The molecule has 4 nitrogen and oxygen atoms in total. The van der Waals surface area contributed by atoms with Crippen molar-refractivity contribution >= 4 is 11.9 Å². The number of carboxylic acid groups (broad SMARTS) is 1. The quantitative estimate of drug-likeness (QED) is 0.718. The lowest BCUT2D eigenvalue weighted by Gasteiger charge is -2.35. The van der Waals surface area contributed by atoms with E-state index in [-0.39, 0.29) is 5.91 Å². The minimum absolute atomic E-state index is 0.0788. The first-order chi connectivity index (χ1) is 6.69. The zero-order chi connectivity index (χ0) is 11.9. The third-order valence-electron chi connectivity index (χ3n) is 2.99. The second-order valence-corrected chi connectivity index (χ2v) is 5.39. The highest BCUT2D eigenvalue weighted by molar-refractivity contribution is 5.89. The molecule has 0 bridgehead atoms. The average molecular weight is 213 g/mol. The van der Waals surface area contributed by atoms with Crippen LogP contribution in [0.2, 0.25) is 0 Å². The Bertz CT molecular complexity index is 293. The predicted molar refractivity (Wildman–Crippen MR) is 56.4 cm³/mol. The van der Waals surface area contributed by atoms with Crippen LogP contribution in [0, 0.1) is 5.41 Å². The van der Waals surface area contributed by atoms with Crippen molar-refractivity contribution in [3.8, 4) is 0 Å². The molecule has 0 unspecified atom stereocenters. The number of carboxylic acids is 1. The zero-order valence-electron chi connectivity index (χ0n) is 9.83. The summed E-state index contributed by atoms with van der Waals surface area (Å²) in [6.45, 7) is 7.63. The standard InChI is InChI=1S/C11H19NO3/c1-10(2,3)8(13)12-7-5-6-11(12,4)9(14)15/h5-7H2,1-4H3,(H,14,15)/t11-/m0/s1. The first-order valence-electron chi connectivity index (χ1n) is 5.25. The van der Waals surface area contributed by atoms with E-state index < -0.39 is 16.9 Å². The van der Waals surface area contributed by atoms with Crippen LogP contribution in [0.1, 0.15) is 40.5 Å². The molecule has 0 aliphatic carbocycles. The molecule has 1 fully saturated rings. The molecule has 1 N–H and O–H groups in total. The van der Waals surface area contributed by atoms with E-state index in [1.54, 1.807) is 6.92 Å². The Labute approximate surface area is 90.3 Å². The maximum absolute atomic E-state index is 12.0. The topological polar surface area (TPSA) is 57.6 Å². The predicted octanol–water partition coefficient (Wildman–Crippen LogP) is 1.50. The highest BCUT2D eigenvalue weighted by Crippen LogP contribution is 2.33. The number of aliphatic carboxylic acids is 1. The lowest BCUT2D eigenvalue weighted by Crippen LogP contribution is -2.53. The van der Waals surface area contributed by atoms with Gasteiger partial charge in [-0.15, -0.1) is 0 Å². The molecular formula is C11H19NO3. The summed E-state index contributed by atoms with van der Waals surface area (Å²) in [4.78, 5) is 24.7. The molecule has 0 saturated carbocycles. The van der Waals surface area contributed by atoms with Crippen LogP contribution in [0.4, 0.5) is 0 Å². The van der Waals surface area contributed by atoms with Crippen molar-refractivity contribution < 1.29 is 14.7 Å². The Kier molecular flexibility index (Phi) is 2.81. The van der Waals surface area contributed by atoms with Crippen LogP contribution in [-0.2, 0) is 9.59 Å². The van der Waals surface area contributed by atoms with Crippen molar-refractivity contribution in [3.63, 3.8) is 0 Å². The van der Waals surface area contributed by atoms with E-state index >= 15 is 0 Å². The molecule has 1 heterocycles. The Morgan fingerprint density at radius 2 is 1.87 bits per heavy atom. The highest BCUT2D eigenvalue weighted by atomic mass is 16.4. The average Bonchev–Trinajstić information content (AvgIpc) is 2.45. The molecular weight excluding hydrogens is 194 g/mol. The minimum Gasteiger partial charge on any atom is -0.480 e. The summed E-state index contributed by atoms with van der Waals surface area (Å²) in [7, 11) is 0. The Morgan fingerprint density at radius 3 is 2.27 bits per heavy atom. The third-order valence-corrected chi connectivity index (χ3v) is 2.99. The van der Waals surface area contributed by atoms with Crippen molar-refractivity contribution in [1.29, 1.82) is 0 Å². The molecule has 1 amide bonds. The van der Waals surface area contributed by atoms with Crippen molar-refractivity contribution in [2.24, 2.45) is 5.41 Å². The number of carbonyl (C=O) groups is 2. The Balaban J connectivity index is 2.96. The van der Waals surface area contributed by atoms with Gasteiger partial charge in [-0.2, -0.15) is 0 Å². The molecule has 0 aromatic carbocycles. The van der Waals surface area contributed by atoms with Gasteiger partial charge in [-0.25, -0.2) is 4.79 Å². The minimum atomic E-state index is -1.01. The summed E-state index contributed by atoms with van der Waals surface area (Å²) in [5.41, 5.74) is -1.52. The van der Waals surface area contributed by atoms with Gasteiger partial charge in [0.15, 0.2) is 0 Å². The van der Waals surface area contributed by atoms with Gasteiger partial charge in [0.2, 0.25) is 5.91 Å². The normalized spacial score (nSPS) is 26.8. The molecule has 4 heteroatoms. The van der Waals surface area contributed by atoms with Crippen LogP contribution in [0.15, 0.2) is 0 Å². The van der Waals surface area contributed by atoms with Gasteiger partial charge >= 0.3 is 5.97 Å². The molecule has 1 rings (SSSR count). The van der Waals surface area contributed by atoms with E-state index in [9.17, 15) is 9.59 Å². The second kappa shape index (κ2) is 3.51. The Hall–Kier alpha value is -1.06. The zero-order valence-corrected chi connectivity index (χ0v) is 9.83. The van der Waals surface area contributed by atoms with E-state index in [4.69, 9.17) is 5.11 Å². The van der Waals surface area contributed by atoms with Crippen molar-refractivity contribution in [3.05, 3.63) is 0 Å². The molecule has 0 aromatic rings. The molecule has 0 spiro atoms. The van der Waals surface area contributed by atoms with Crippen LogP contribution in [0.3, 0.4) is 0 Å². The fourth-order valence-corrected chi connectivity index (χ4v) is 1.92. The van der Waals surface area contributed by atoms with Gasteiger partial charge in [-0.3, -0.25) is 4.79 Å². The number of hydrogen-bond acceptors (Lipinski definition) is 2. The number of rotatable bonds is 1. The Morgan fingerprint density at radius 1 is 1.33 bits per heavy atom. The van der Waals surface area contributed by atoms with Crippen LogP contribution in [-0.4, -0.2) is 34.0 Å². The first-order valence-corrected chi connectivity index (χ1v) is 5.25. The van der Waals surface area contributed by atoms with E-state index in [1.165, 1.54) is 4.90 Å². The fraction of sp³-hybridized carbons (Fsp3) is 0.818. The monoisotopic (exact) mass is 213 g/mol. The van der Waals surface area contributed by atoms with Crippen LogP contribution in [0.25, 0.3) is 0 Å². The second-order valence-electron chi connectivity index (χ2n) is 5.39. The van der Waals surface area contributed by atoms with E-state index in [1.807, 2.05) is 20.8 Å². The van der Waals surface area contributed by atoms with Gasteiger partial charge in [0.1, 0.15) is 5.54 Å². The number of carbonyl (C=O) groups excluding carboxylic acids is 1. The smallest absolute Gasteiger partial charge is 0.329 e. The SMILES string of the molecule is CC(C)(C)C(=O)N1CCC[C@@]1(C)C(=O)O. The lowest BCUT2D eigenvalue weighted by atomic mass is 9.91. The maximum Gasteiger partial charge on any atom is 0.329 e. The summed E-state index contributed by atoms with van der Waals surface area (Å²) < 4.78 is 0. The van der Waals surface area contributed by atoms with Crippen LogP contribution in [0.5, 0.6) is 0 Å². The fourth-order valence-electron chi connectivity index (χ4n) is 1.92. The van der Waals surface area contributed by atoms with Gasteiger partial charge < -0.3 is 10.0 Å². The molecule has 1 aliphatic heterocycles. The van der Waals surface area contributed by atoms with Gasteiger partial charge in [0.25, 0.3) is 0 Å². The van der Waals surface area contributed by atoms with Crippen LogP contribution < -0.4 is 0 Å². The van der Waals surface area contributed by atoms with E-state index in [0.717, 1.165) is 6.42 Å². The van der Waals surface area contributed by atoms with E-state index in [0.29, 0.717) is 13.0 Å². The van der Waals surface area contributed by atoms with Gasteiger partial charge in [-0.1, -0.05) is 20.8 Å². The maximum atomic E-state index is 12.0. The number of hydrogen-bond donors (Lipinski definition) is 1. The number of nitrogens with zero attached hydrogens (tertiary/aromatic N) is 1. The van der Waals surface area contributed by atoms with Gasteiger partial charge in [-0.05, 0) is 19.8 Å². The van der Waals surface area contributed by atoms with Crippen molar-refractivity contribution in [2.45, 2.75) is 46.1 Å². The van der Waals surface area contributed by atoms with Gasteiger partial charge in [0, 0.05) is 12.0 Å². The van der Waals surface area contributed by atoms with Crippen molar-refractivity contribution in [1.82, 2.24) is 4.90 Å². The molecule has 0 aromatic heterocycles. The van der Waals surface area contributed by atoms with Crippen molar-refractivity contribution in [2.75, 3.05) is 6.54 Å². The largest absolute Gasteiger partial charge is 0.480 e. The summed E-state index contributed by atoms with van der Waals surface area (Å²) in [5.74, 6) is -0.984. The first kappa shape index (κ1) is 12.0.